The van der Waals surface area contributed by atoms with E-state index >= 15 is 0 Å². The fourth-order valence-corrected chi connectivity index (χ4v) is 2.63. The number of aliphatic hydroxyl groups is 1. The van der Waals surface area contributed by atoms with Crippen LogP contribution in [0.4, 0.5) is 8.78 Å². The average molecular weight is 313 g/mol. The van der Waals surface area contributed by atoms with Crippen LogP contribution in [0.25, 0.3) is 12.2 Å². The molecule has 0 radical (unpaired) electrons. The van der Waals surface area contributed by atoms with Gasteiger partial charge in [0.15, 0.2) is 0 Å². The summed E-state index contributed by atoms with van der Waals surface area (Å²) in [4.78, 5) is 0. The maximum absolute atomic E-state index is 13.8. The van der Waals surface area contributed by atoms with Gasteiger partial charge >= 0.3 is 0 Å². The molecule has 23 heavy (non-hydrogen) atoms. The molecule has 1 aliphatic heterocycles. The molecule has 0 aromatic heterocycles. The summed E-state index contributed by atoms with van der Waals surface area (Å²) < 4.78 is 27.5. The van der Waals surface area contributed by atoms with E-state index in [2.05, 4.69) is 5.32 Å². The zero-order chi connectivity index (χ0) is 16.2. The van der Waals surface area contributed by atoms with E-state index in [1.807, 2.05) is 0 Å². The first-order valence-electron chi connectivity index (χ1n) is 7.44. The van der Waals surface area contributed by atoms with Crippen LogP contribution in [-0.4, -0.2) is 24.3 Å². The van der Waals surface area contributed by atoms with Crippen LogP contribution in [0, 0.1) is 11.6 Å². The maximum Gasteiger partial charge on any atom is 0.130 e. The smallest absolute Gasteiger partial charge is 0.130 e. The molecular formula is C19H17F2NO. The van der Waals surface area contributed by atoms with Gasteiger partial charge in [-0.05, 0) is 35.4 Å². The van der Waals surface area contributed by atoms with Crippen molar-refractivity contribution in [2.45, 2.75) is 6.10 Å². The van der Waals surface area contributed by atoms with E-state index < -0.39 is 6.10 Å². The van der Waals surface area contributed by atoms with Crippen molar-refractivity contribution in [1.29, 1.82) is 0 Å². The highest BCUT2D eigenvalue weighted by Gasteiger charge is 2.21. The molecule has 0 amide bonds. The van der Waals surface area contributed by atoms with Gasteiger partial charge in [0.2, 0.25) is 0 Å². The molecule has 3 rings (SSSR count). The molecule has 1 aliphatic rings. The molecule has 2 aromatic rings. The summed E-state index contributed by atoms with van der Waals surface area (Å²) in [6, 6.07) is 12.8. The van der Waals surface area contributed by atoms with E-state index in [-0.39, 0.29) is 11.6 Å². The van der Waals surface area contributed by atoms with Crippen molar-refractivity contribution in [3.63, 3.8) is 0 Å². The minimum atomic E-state index is -0.851. The van der Waals surface area contributed by atoms with Crippen LogP contribution in [-0.2, 0) is 0 Å². The lowest BCUT2D eigenvalue weighted by atomic mass is 9.94. The normalized spacial score (nSPS) is 21.8. The number of hydrogen-bond donors (Lipinski definition) is 2. The van der Waals surface area contributed by atoms with Gasteiger partial charge in [-0.3, -0.25) is 0 Å². The summed E-state index contributed by atoms with van der Waals surface area (Å²) in [5.41, 5.74) is 2.17. The highest BCUT2D eigenvalue weighted by atomic mass is 19.1. The summed E-state index contributed by atoms with van der Waals surface area (Å²) in [5.74, 6) is -0.671. The second kappa shape index (κ2) is 6.86. The Morgan fingerprint density at radius 1 is 0.826 bits per heavy atom. The Bertz CT molecular complexity index is 704. The Labute approximate surface area is 133 Å². The van der Waals surface area contributed by atoms with E-state index in [9.17, 15) is 13.9 Å². The molecule has 1 heterocycles. The minimum Gasteiger partial charge on any atom is -0.384 e. The lowest BCUT2D eigenvalue weighted by Crippen LogP contribution is -2.35. The quantitative estimate of drug-likeness (QED) is 0.891. The summed E-state index contributed by atoms with van der Waals surface area (Å²) in [5, 5.41) is 13.7. The first-order chi connectivity index (χ1) is 11.1. The number of halogens is 2. The highest BCUT2D eigenvalue weighted by molar-refractivity contribution is 5.62. The number of hydrogen-bond acceptors (Lipinski definition) is 2. The Morgan fingerprint density at radius 2 is 1.26 bits per heavy atom. The number of aliphatic hydroxyl groups excluding tert-OH is 1. The molecule has 0 spiro atoms. The fourth-order valence-electron chi connectivity index (χ4n) is 2.63. The van der Waals surface area contributed by atoms with Gasteiger partial charge in [-0.2, -0.15) is 0 Å². The van der Waals surface area contributed by atoms with Gasteiger partial charge in [-0.1, -0.05) is 36.4 Å². The second-order valence-corrected chi connectivity index (χ2v) is 5.49. The van der Waals surface area contributed by atoms with Crippen LogP contribution in [0.2, 0.25) is 0 Å². The molecule has 1 fully saturated rings. The molecule has 0 saturated carbocycles. The third kappa shape index (κ3) is 3.55. The molecular weight excluding hydrogens is 296 g/mol. The van der Waals surface area contributed by atoms with E-state index in [0.29, 0.717) is 35.4 Å². The van der Waals surface area contributed by atoms with E-state index in [0.717, 1.165) is 0 Å². The predicted octanol–water partition coefficient (Wildman–Crippen LogP) is 3.40. The van der Waals surface area contributed by atoms with Crippen molar-refractivity contribution < 1.29 is 13.9 Å². The molecule has 118 valence electrons. The zero-order valence-corrected chi connectivity index (χ0v) is 12.5. The van der Waals surface area contributed by atoms with Gasteiger partial charge in [0.05, 0.1) is 6.10 Å². The van der Waals surface area contributed by atoms with Crippen LogP contribution < -0.4 is 5.32 Å². The summed E-state index contributed by atoms with van der Waals surface area (Å²) in [6.07, 6.45) is 2.43. The van der Waals surface area contributed by atoms with Crippen molar-refractivity contribution in [1.82, 2.24) is 5.32 Å². The second-order valence-electron chi connectivity index (χ2n) is 5.49. The third-order valence-electron chi connectivity index (χ3n) is 3.85. The summed E-state index contributed by atoms with van der Waals surface area (Å²) in [6.45, 7) is 0.925. The van der Waals surface area contributed by atoms with Crippen molar-refractivity contribution >= 4 is 12.2 Å². The van der Waals surface area contributed by atoms with Gasteiger partial charge in [0.25, 0.3) is 0 Å². The average Bonchev–Trinajstić information content (AvgIpc) is 2.55. The topological polar surface area (TPSA) is 32.3 Å². The molecule has 1 unspecified atom stereocenters. The van der Waals surface area contributed by atoms with Crippen molar-refractivity contribution in [3.8, 4) is 0 Å². The van der Waals surface area contributed by atoms with Crippen LogP contribution in [0.3, 0.4) is 0 Å². The molecule has 4 heteroatoms. The number of piperidine rings is 1. The lowest BCUT2D eigenvalue weighted by Gasteiger charge is -2.25. The van der Waals surface area contributed by atoms with Crippen LogP contribution in [0.15, 0.2) is 59.7 Å². The van der Waals surface area contributed by atoms with Crippen LogP contribution in [0.5, 0.6) is 0 Å². The number of nitrogens with one attached hydrogen (secondary N) is 1. The van der Waals surface area contributed by atoms with E-state index in [4.69, 9.17) is 0 Å². The number of rotatable bonds is 2. The Kier molecular flexibility index (Phi) is 4.65. The van der Waals surface area contributed by atoms with E-state index in [1.165, 1.54) is 12.1 Å². The van der Waals surface area contributed by atoms with Gasteiger partial charge in [0, 0.05) is 24.2 Å². The SMILES string of the molecule is OC1/C(=C\c2ccccc2F)CNC/C1=C\c1ccccc1F. The van der Waals surface area contributed by atoms with E-state index in [1.54, 1.807) is 48.6 Å². The summed E-state index contributed by atoms with van der Waals surface area (Å²) >= 11 is 0. The predicted molar refractivity (Wildman–Crippen MR) is 87.6 cm³/mol. The fraction of sp³-hybridized carbons (Fsp3) is 0.158. The van der Waals surface area contributed by atoms with Gasteiger partial charge in [-0.15, -0.1) is 0 Å². The molecule has 0 aliphatic carbocycles. The van der Waals surface area contributed by atoms with Crippen molar-refractivity contribution in [2.75, 3.05) is 13.1 Å². The van der Waals surface area contributed by atoms with Crippen LogP contribution >= 0.6 is 0 Å². The Morgan fingerprint density at radius 3 is 1.70 bits per heavy atom. The highest BCUT2D eigenvalue weighted by Crippen LogP contribution is 2.23. The standard InChI is InChI=1S/C19H17F2NO/c20-17-7-3-1-5-13(17)9-15-11-22-12-16(19(15)23)10-14-6-2-4-8-18(14)21/h1-10,19,22-23H,11-12H2/b15-9-,16-10+. The first-order valence-corrected chi connectivity index (χ1v) is 7.44. The minimum absolute atomic E-state index is 0.336. The molecule has 2 aromatic carbocycles. The molecule has 0 bridgehead atoms. The third-order valence-corrected chi connectivity index (χ3v) is 3.85. The maximum atomic E-state index is 13.8. The van der Waals surface area contributed by atoms with Gasteiger partial charge < -0.3 is 10.4 Å². The van der Waals surface area contributed by atoms with Crippen molar-refractivity contribution in [2.24, 2.45) is 0 Å². The van der Waals surface area contributed by atoms with Gasteiger partial charge in [-0.25, -0.2) is 8.78 Å². The number of benzene rings is 2. The van der Waals surface area contributed by atoms with Gasteiger partial charge in [0.1, 0.15) is 11.6 Å². The monoisotopic (exact) mass is 313 g/mol. The largest absolute Gasteiger partial charge is 0.384 e. The molecule has 1 saturated heterocycles. The molecule has 1 atom stereocenters. The zero-order valence-electron chi connectivity index (χ0n) is 12.5. The molecule has 2 nitrogen and oxygen atoms in total. The van der Waals surface area contributed by atoms with Crippen molar-refractivity contribution in [3.05, 3.63) is 82.4 Å². The summed E-state index contributed by atoms with van der Waals surface area (Å²) in [7, 11) is 0. The molecule has 2 N–H and O–H groups in total. The Balaban J connectivity index is 1.91. The Hall–Kier alpha value is -2.30. The first kappa shape index (κ1) is 15.6. The lowest BCUT2D eigenvalue weighted by molar-refractivity contribution is 0.233. The van der Waals surface area contributed by atoms with Crippen LogP contribution in [0.1, 0.15) is 11.1 Å².